The van der Waals surface area contributed by atoms with Crippen LogP contribution in [-0.4, -0.2) is 66.7 Å². The lowest BCUT2D eigenvalue weighted by Crippen LogP contribution is -2.57. The van der Waals surface area contributed by atoms with Crippen molar-refractivity contribution >= 4 is 17.7 Å². The average Bonchev–Trinajstić information content (AvgIpc) is 2.83. The van der Waals surface area contributed by atoms with E-state index in [9.17, 15) is 27.9 Å². The number of carboxylic acid groups (broad SMARTS) is 1. The van der Waals surface area contributed by atoms with Crippen LogP contribution in [0.4, 0.5) is 19.0 Å². The monoisotopic (exact) mass is 513 g/mol. The largest absolute Gasteiger partial charge is 0.480 e. The molecule has 3 N–H and O–H groups in total. The van der Waals surface area contributed by atoms with E-state index < -0.39 is 42.4 Å². The quantitative estimate of drug-likeness (QED) is 0.439. The van der Waals surface area contributed by atoms with E-state index in [0.717, 1.165) is 56.6 Å². The number of ether oxygens (including phenoxy) is 2. The number of nitrogens with one attached hydrogen (secondary N) is 2. The van der Waals surface area contributed by atoms with E-state index in [1.807, 2.05) is 0 Å². The first-order valence-corrected chi connectivity index (χ1v) is 12.7. The lowest BCUT2D eigenvalue weighted by Gasteiger charge is -2.38. The van der Waals surface area contributed by atoms with Crippen LogP contribution in [-0.2, 0) is 31.9 Å². The number of nitrogens with zero attached hydrogens (tertiary/aromatic N) is 1. The van der Waals surface area contributed by atoms with Gasteiger partial charge in [-0.15, -0.1) is 0 Å². The van der Waals surface area contributed by atoms with Crippen LogP contribution in [0.25, 0.3) is 0 Å². The average molecular weight is 514 g/mol. The Morgan fingerprint density at radius 3 is 2.72 bits per heavy atom. The van der Waals surface area contributed by atoms with Gasteiger partial charge in [0.2, 0.25) is 5.91 Å². The zero-order chi connectivity index (χ0) is 25.8. The Hall–Kier alpha value is -2.40. The lowest BCUT2D eigenvalue weighted by atomic mass is 9.78. The molecular formula is C25H34F3N3O5. The molecule has 8 nitrogen and oxygen atoms in total. The number of fused-ring (bicyclic) bond motifs is 1. The van der Waals surface area contributed by atoms with Crippen LogP contribution >= 0.6 is 0 Å². The van der Waals surface area contributed by atoms with E-state index in [2.05, 4.69) is 22.8 Å². The van der Waals surface area contributed by atoms with Gasteiger partial charge in [-0.05, 0) is 68.9 Å². The first-order valence-electron chi connectivity index (χ1n) is 12.7. The molecule has 1 aromatic heterocycles. The summed E-state index contributed by atoms with van der Waals surface area (Å²) in [5, 5.41) is 14.9. The van der Waals surface area contributed by atoms with Crippen LogP contribution in [0.5, 0.6) is 0 Å². The molecule has 0 radical (unpaired) electrons. The maximum absolute atomic E-state index is 13.7. The summed E-state index contributed by atoms with van der Waals surface area (Å²) in [6.45, 7) is 0.608. The van der Waals surface area contributed by atoms with Crippen molar-refractivity contribution in [2.24, 2.45) is 11.3 Å². The number of carbonyl (C=O) groups excluding carboxylic acids is 1. The topological polar surface area (TPSA) is 110 Å². The second-order valence-corrected chi connectivity index (χ2v) is 10.1. The summed E-state index contributed by atoms with van der Waals surface area (Å²) in [5.41, 5.74) is -0.294. The molecule has 2 aliphatic heterocycles. The number of amides is 1. The minimum absolute atomic E-state index is 0.00434. The summed E-state index contributed by atoms with van der Waals surface area (Å²) in [5.74, 6) is -1.20. The molecule has 0 bridgehead atoms. The Bertz CT molecular complexity index is 930. The molecule has 1 unspecified atom stereocenters. The molecule has 0 aromatic carbocycles. The highest BCUT2D eigenvalue weighted by Gasteiger charge is 2.60. The van der Waals surface area contributed by atoms with Gasteiger partial charge in [0.15, 0.2) is 0 Å². The summed E-state index contributed by atoms with van der Waals surface area (Å²) < 4.78 is 51.8. The Morgan fingerprint density at radius 2 is 2.03 bits per heavy atom. The molecule has 1 aliphatic carbocycles. The Labute approximate surface area is 208 Å². The van der Waals surface area contributed by atoms with Crippen LogP contribution in [0.2, 0.25) is 0 Å². The third-order valence-corrected chi connectivity index (χ3v) is 7.64. The minimum atomic E-state index is -4.79. The van der Waals surface area contributed by atoms with Crippen LogP contribution < -0.4 is 10.6 Å². The molecule has 200 valence electrons. The number of aromatic nitrogens is 1. The molecule has 1 saturated heterocycles. The number of pyridine rings is 1. The van der Waals surface area contributed by atoms with Gasteiger partial charge in [0, 0.05) is 38.5 Å². The summed E-state index contributed by atoms with van der Waals surface area (Å²) in [7, 11) is 0. The van der Waals surface area contributed by atoms with Crippen molar-refractivity contribution in [3.8, 4) is 0 Å². The molecule has 2 fully saturated rings. The van der Waals surface area contributed by atoms with Gasteiger partial charge in [0.05, 0.1) is 6.10 Å². The molecular weight excluding hydrogens is 479 g/mol. The molecule has 1 saturated carbocycles. The van der Waals surface area contributed by atoms with Crippen LogP contribution in [0, 0.1) is 11.3 Å². The van der Waals surface area contributed by atoms with Crippen molar-refractivity contribution in [2.45, 2.75) is 76.1 Å². The summed E-state index contributed by atoms with van der Waals surface area (Å²) >= 11 is 0. The fraction of sp³-hybridized carbons (Fsp3) is 0.720. The smallest absolute Gasteiger partial charge is 0.403 e. The highest BCUT2D eigenvalue weighted by atomic mass is 19.4. The standard InChI is InChI=1S/C25H34F3N3O5/c26-25(27,28)24(8-12-35-13-9-24)23(34)31-20(22(32)33)7-11-36-19-14-16(15-19)3-5-18-6-4-17-2-1-10-29-21(17)30-18/h4,6,16,19-20H,1-3,5,7-15H2,(H,29,30)(H,31,34)(H,32,33)/t16-,19-,20?. The second-order valence-electron chi connectivity index (χ2n) is 10.1. The Kier molecular flexibility index (Phi) is 8.39. The van der Waals surface area contributed by atoms with Gasteiger partial charge in [0.1, 0.15) is 17.3 Å². The van der Waals surface area contributed by atoms with E-state index in [1.54, 1.807) is 0 Å². The number of rotatable bonds is 10. The van der Waals surface area contributed by atoms with Crippen molar-refractivity contribution in [3.63, 3.8) is 0 Å². The molecule has 36 heavy (non-hydrogen) atoms. The van der Waals surface area contributed by atoms with Gasteiger partial charge in [-0.2, -0.15) is 13.2 Å². The number of anilines is 1. The number of carboxylic acids is 1. The molecule has 0 spiro atoms. The number of aliphatic carboxylic acids is 1. The number of halogens is 3. The van der Waals surface area contributed by atoms with Gasteiger partial charge in [0.25, 0.3) is 0 Å². The highest BCUT2D eigenvalue weighted by molar-refractivity contribution is 5.88. The van der Waals surface area contributed by atoms with Crippen LogP contribution in [0.15, 0.2) is 12.1 Å². The fourth-order valence-corrected chi connectivity index (χ4v) is 5.17. The zero-order valence-electron chi connectivity index (χ0n) is 20.2. The van der Waals surface area contributed by atoms with Crippen LogP contribution in [0.3, 0.4) is 0 Å². The van der Waals surface area contributed by atoms with E-state index >= 15 is 0 Å². The molecule has 3 heterocycles. The third-order valence-electron chi connectivity index (χ3n) is 7.64. The van der Waals surface area contributed by atoms with E-state index in [-0.39, 0.29) is 32.3 Å². The van der Waals surface area contributed by atoms with Gasteiger partial charge in [-0.1, -0.05) is 6.07 Å². The molecule has 1 aromatic rings. The second kappa shape index (κ2) is 11.3. The SMILES string of the molecule is O=C(O)C(CCO[C@H]1C[C@H](CCc2ccc3c(n2)NCCC3)C1)NC(=O)C1(C(F)(F)F)CCOCC1. The summed E-state index contributed by atoms with van der Waals surface area (Å²) in [4.78, 5) is 28.9. The Balaban J connectivity index is 1.18. The number of aryl methyl sites for hydroxylation is 2. The lowest BCUT2D eigenvalue weighted by molar-refractivity contribution is -0.240. The van der Waals surface area contributed by atoms with Crippen molar-refractivity contribution in [1.82, 2.24) is 10.3 Å². The van der Waals surface area contributed by atoms with Crippen LogP contribution in [0.1, 0.15) is 56.2 Å². The maximum atomic E-state index is 13.7. The fourth-order valence-electron chi connectivity index (χ4n) is 5.17. The Morgan fingerprint density at radius 1 is 1.28 bits per heavy atom. The summed E-state index contributed by atoms with van der Waals surface area (Å²) in [6, 6.07) is 2.79. The summed E-state index contributed by atoms with van der Waals surface area (Å²) in [6.07, 6.45) is -0.176. The number of hydrogen-bond donors (Lipinski definition) is 3. The minimum Gasteiger partial charge on any atom is -0.480 e. The number of alkyl halides is 3. The van der Waals surface area contributed by atoms with Crippen molar-refractivity contribution in [1.29, 1.82) is 0 Å². The predicted molar refractivity (Wildman–Crippen MR) is 125 cm³/mol. The molecule has 1 atom stereocenters. The molecule has 11 heteroatoms. The zero-order valence-corrected chi connectivity index (χ0v) is 20.2. The van der Waals surface area contributed by atoms with E-state index in [4.69, 9.17) is 14.5 Å². The highest BCUT2D eigenvalue weighted by Crippen LogP contribution is 2.46. The first-order chi connectivity index (χ1) is 17.2. The van der Waals surface area contributed by atoms with Gasteiger partial charge in [-0.3, -0.25) is 4.79 Å². The van der Waals surface area contributed by atoms with E-state index in [1.165, 1.54) is 5.56 Å². The predicted octanol–water partition coefficient (Wildman–Crippen LogP) is 3.49. The van der Waals surface area contributed by atoms with Crippen molar-refractivity contribution in [3.05, 3.63) is 23.4 Å². The van der Waals surface area contributed by atoms with Crippen molar-refractivity contribution in [2.75, 3.05) is 31.7 Å². The third kappa shape index (κ3) is 6.11. The van der Waals surface area contributed by atoms with Gasteiger partial charge < -0.3 is 25.2 Å². The van der Waals surface area contributed by atoms with E-state index in [0.29, 0.717) is 5.92 Å². The molecule has 3 aliphatic rings. The van der Waals surface area contributed by atoms with Crippen molar-refractivity contribution < 1.29 is 37.3 Å². The first kappa shape index (κ1) is 26.7. The molecule has 4 rings (SSSR count). The van der Waals surface area contributed by atoms with Gasteiger partial charge >= 0.3 is 12.1 Å². The maximum Gasteiger partial charge on any atom is 0.403 e. The van der Waals surface area contributed by atoms with Gasteiger partial charge in [-0.25, -0.2) is 9.78 Å². The number of carbonyl (C=O) groups is 2. The number of hydrogen-bond acceptors (Lipinski definition) is 6. The molecule has 1 amide bonds. The normalized spacial score (nSPS) is 24.1.